The molecule has 4 heteroatoms. The molecule has 0 bridgehead atoms. The number of hydrogen-bond acceptors (Lipinski definition) is 3. The summed E-state index contributed by atoms with van der Waals surface area (Å²) in [5.41, 5.74) is 1.99. The molecule has 0 radical (unpaired) electrons. The molecule has 0 atom stereocenters. The Kier molecular flexibility index (Phi) is 3.94. The van der Waals surface area contributed by atoms with Crippen LogP contribution in [-0.4, -0.2) is 18.2 Å². The van der Waals surface area contributed by atoms with Gasteiger partial charge < -0.3 is 9.84 Å². The van der Waals surface area contributed by atoms with Crippen LogP contribution in [0.2, 0.25) is 0 Å². The van der Waals surface area contributed by atoms with Crippen LogP contribution < -0.4 is 5.32 Å². The Labute approximate surface area is 101 Å². The molecule has 0 aliphatic carbocycles. The van der Waals surface area contributed by atoms with E-state index in [0.29, 0.717) is 18.1 Å². The minimum atomic E-state index is -0.166. The molecule has 3 nitrogen and oxygen atoms in total. The molecule has 1 saturated heterocycles. The van der Waals surface area contributed by atoms with Gasteiger partial charge in [-0.25, -0.2) is 4.39 Å². The molecule has 94 valence electrons. The van der Waals surface area contributed by atoms with Gasteiger partial charge >= 0.3 is 0 Å². The normalized spacial score (nSPS) is 18.6. The molecule has 1 aromatic heterocycles. The second kappa shape index (κ2) is 5.45. The van der Waals surface area contributed by atoms with E-state index in [1.165, 1.54) is 6.08 Å². The molecule has 1 aromatic rings. The Balaban J connectivity index is 2.19. The third-order valence-corrected chi connectivity index (χ3v) is 3.35. The predicted molar refractivity (Wildman–Crippen MR) is 65.5 cm³/mol. The number of allylic oxidation sites excluding steroid dienone is 1. The fourth-order valence-electron chi connectivity index (χ4n) is 2.22. The fraction of sp³-hybridized carbons (Fsp3) is 0.615. The molecule has 1 fully saturated rings. The zero-order valence-corrected chi connectivity index (χ0v) is 10.4. The highest BCUT2D eigenvalue weighted by Gasteiger charge is 2.22. The molecule has 1 aliphatic heterocycles. The van der Waals surface area contributed by atoms with Gasteiger partial charge in [0.25, 0.3) is 0 Å². The zero-order valence-electron chi connectivity index (χ0n) is 10.4. The summed E-state index contributed by atoms with van der Waals surface area (Å²) in [7, 11) is 0. The van der Waals surface area contributed by atoms with Gasteiger partial charge in [-0.15, -0.1) is 0 Å². The van der Waals surface area contributed by atoms with Gasteiger partial charge in [-0.05, 0) is 39.3 Å². The lowest BCUT2D eigenvalue weighted by atomic mass is 9.92. The van der Waals surface area contributed by atoms with E-state index < -0.39 is 0 Å². The lowest BCUT2D eigenvalue weighted by Gasteiger charge is -2.20. The van der Waals surface area contributed by atoms with Crippen molar-refractivity contribution in [2.75, 3.05) is 13.1 Å². The summed E-state index contributed by atoms with van der Waals surface area (Å²) in [6.45, 7) is 5.78. The largest absolute Gasteiger partial charge is 0.356 e. The summed E-state index contributed by atoms with van der Waals surface area (Å²) in [6.07, 6.45) is 4.00. The number of aromatic nitrogens is 1. The van der Waals surface area contributed by atoms with Gasteiger partial charge in [-0.3, -0.25) is 0 Å². The first-order valence-electron chi connectivity index (χ1n) is 6.25. The Morgan fingerprint density at radius 1 is 1.53 bits per heavy atom. The molecular formula is C13H19FN2O. The maximum absolute atomic E-state index is 13.2. The van der Waals surface area contributed by atoms with Crippen molar-refractivity contribution in [3.8, 4) is 0 Å². The standard InChI is InChI=1S/C13H19FN2O/c1-3-11(14)8-12-9(2)13(16-17-12)10-4-6-15-7-5-10/h8,10,15H,3-7H2,1-2H3/b11-8+. The Morgan fingerprint density at radius 2 is 2.24 bits per heavy atom. The van der Waals surface area contributed by atoms with Gasteiger partial charge in [-0.2, -0.15) is 0 Å². The van der Waals surface area contributed by atoms with Crippen molar-refractivity contribution < 1.29 is 8.91 Å². The number of nitrogens with zero attached hydrogens (tertiary/aromatic N) is 1. The lowest BCUT2D eigenvalue weighted by molar-refractivity contribution is 0.380. The topological polar surface area (TPSA) is 38.1 Å². The Bertz CT molecular complexity index is 406. The molecule has 0 amide bonds. The van der Waals surface area contributed by atoms with Crippen LogP contribution in [0.4, 0.5) is 4.39 Å². The van der Waals surface area contributed by atoms with E-state index in [9.17, 15) is 4.39 Å². The second-order valence-corrected chi connectivity index (χ2v) is 4.53. The van der Waals surface area contributed by atoms with Gasteiger partial charge in [0.2, 0.25) is 0 Å². The summed E-state index contributed by atoms with van der Waals surface area (Å²) in [5.74, 6) is 0.853. The van der Waals surface area contributed by atoms with Crippen molar-refractivity contribution in [3.63, 3.8) is 0 Å². The maximum Gasteiger partial charge on any atom is 0.165 e. The van der Waals surface area contributed by atoms with Gasteiger partial charge in [0.15, 0.2) is 5.76 Å². The average Bonchev–Trinajstić information content (AvgIpc) is 2.72. The lowest BCUT2D eigenvalue weighted by Crippen LogP contribution is -2.27. The van der Waals surface area contributed by atoms with Crippen molar-refractivity contribution >= 4 is 6.08 Å². The van der Waals surface area contributed by atoms with Crippen LogP contribution in [0.5, 0.6) is 0 Å². The number of rotatable bonds is 3. The molecule has 17 heavy (non-hydrogen) atoms. The molecule has 1 aliphatic rings. The summed E-state index contributed by atoms with van der Waals surface area (Å²) in [6, 6.07) is 0. The minimum Gasteiger partial charge on any atom is -0.356 e. The highest BCUT2D eigenvalue weighted by molar-refractivity contribution is 5.50. The quantitative estimate of drug-likeness (QED) is 0.879. The van der Waals surface area contributed by atoms with Crippen LogP contribution in [0.1, 0.15) is 49.1 Å². The van der Waals surface area contributed by atoms with Gasteiger partial charge in [0.05, 0.1) is 5.69 Å². The van der Waals surface area contributed by atoms with Crippen LogP contribution in [0, 0.1) is 6.92 Å². The fourth-order valence-corrected chi connectivity index (χ4v) is 2.22. The van der Waals surface area contributed by atoms with Gasteiger partial charge in [-0.1, -0.05) is 12.1 Å². The zero-order chi connectivity index (χ0) is 12.3. The van der Waals surface area contributed by atoms with Gasteiger partial charge in [0.1, 0.15) is 5.83 Å². The molecule has 2 rings (SSSR count). The van der Waals surface area contributed by atoms with E-state index in [4.69, 9.17) is 4.52 Å². The molecule has 0 saturated carbocycles. The van der Waals surface area contributed by atoms with Crippen molar-refractivity contribution in [2.45, 2.75) is 39.0 Å². The van der Waals surface area contributed by atoms with E-state index in [1.807, 2.05) is 6.92 Å². The van der Waals surface area contributed by atoms with Crippen LogP contribution in [0.3, 0.4) is 0 Å². The Morgan fingerprint density at radius 3 is 2.88 bits per heavy atom. The van der Waals surface area contributed by atoms with E-state index >= 15 is 0 Å². The molecule has 0 spiro atoms. The summed E-state index contributed by atoms with van der Waals surface area (Å²) in [5, 5.41) is 7.43. The summed E-state index contributed by atoms with van der Waals surface area (Å²) >= 11 is 0. The van der Waals surface area contributed by atoms with Crippen LogP contribution in [0.15, 0.2) is 10.3 Å². The molecule has 2 heterocycles. The second-order valence-electron chi connectivity index (χ2n) is 4.53. The summed E-state index contributed by atoms with van der Waals surface area (Å²) in [4.78, 5) is 0. The third kappa shape index (κ3) is 2.75. The summed E-state index contributed by atoms with van der Waals surface area (Å²) < 4.78 is 18.4. The molecule has 1 N–H and O–H groups in total. The van der Waals surface area contributed by atoms with Crippen molar-refractivity contribution in [1.82, 2.24) is 10.5 Å². The highest BCUT2D eigenvalue weighted by atomic mass is 19.1. The van der Waals surface area contributed by atoms with E-state index in [-0.39, 0.29) is 5.83 Å². The van der Waals surface area contributed by atoms with Crippen molar-refractivity contribution in [2.24, 2.45) is 0 Å². The molecule has 0 unspecified atom stereocenters. The number of nitrogens with one attached hydrogen (secondary N) is 1. The van der Waals surface area contributed by atoms with Crippen molar-refractivity contribution in [3.05, 3.63) is 22.8 Å². The molecule has 0 aromatic carbocycles. The van der Waals surface area contributed by atoms with Crippen molar-refractivity contribution in [1.29, 1.82) is 0 Å². The number of hydrogen-bond donors (Lipinski definition) is 1. The van der Waals surface area contributed by atoms with Gasteiger partial charge in [0, 0.05) is 17.6 Å². The van der Waals surface area contributed by atoms with E-state index in [0.717, 1.165) is 37.2 Å². The van der Waals surface area contributed by atoms with Crippen LogP contribution >= 0.6 is 0 Å². The van der Waals surface area contributed by atoms with Crippen LogP contribution in [-0.2, 0) is 0 Å². The first-order chi connectivity index (χ1) is 8.22. The predicted octanol–water partition coefficient (Wildman–Crippen LogP) is 3.17. The van der Waals surface area contributed by atoms with E-state index in [1.54, 1.807) is 6.92 Å². The van der Waals surface area contributed by atoms with Crippen LogP contribution in [0.25, 0.3) is 6.08 Å². The minimum absolute atomic E-state index is 0.166. The average molecular weight is 238 g/mol. The Hall–Kier alpha value is -1.16. The van der Waals surface area contributed by atoms with E-state index in [2.05, 4.69) is 10.5 Å². The smallest absolute Gasteiger partial charge is 0.165 e. The maximum atomic E-state index is 13.2. The number of piperidine rings is 1. The molecular weight excluding hydrogens is 219 g/mol. The number of halogens is 1. The first kappa shape index (κ1) is 12.3. The third-order valence-electron chi connectivity index (χ3n) is 3.35. The monoisotopic (exact) mass is 238 g/mol. The highest BCUT2D eigenvalue weighted by Crippen LogP contribution is 2.29. The SMILES string of the molecule is CC/C(F)=C\c1onc(C2CCNCC2)c1C. The first-order valence-corrected chi connectivity index (χ1v) is 6.25.